The minimum Gasteiger partial charge on any atom is -0.474 e. The number of hydrogen-bond donors (Lipinski definition) is 0. The maximum absolute atomic E-state index is 6.48. The zero-order valence-corrected chi connectivity index (χ0v) is 17.9. The summed E-state index contributed by atoms with van der Waals surface area (Å²) in [5.41, 5.74) is 1.38. The second-order valence-corrected chi connectivity index (χ2v) is 9.27. The number of fused-ring (bicyclic) bond motifs is 3. The van der Waals surface area contributed by atoms with Crippen molar-refractivity contribution in [2.75, 3.05) is 26.3 Å². The lowest BCUT2D eigenvalue weighted by Crippen LogP contribution is -2.46. The molecule has 1 aliphatic heterocycles. The maximum Gasteiger partial charge on any atom is 0.226 e. The minimum absolute atomic E-state index is 0.249. The molecular weight excluding hydrogens is 382 g/mol. The second kappa shape index (κ2) is 8.54. The van der Waals surface area contributed by atoms with Crippen LogP contribution < -0.4 is 4.74 Å². The standard InChI is InChI=1S/C23H29N3O2S/c1-2-3-16-4-9-20-19(14-16)21-22(24-15-25-23(21)29-20)28-18-7-5-17(6-8-18)26-10-12-27-13-11-26/h4,9,14-15,17-18H,2-3,5-8,10-13H2,1H3. The van der Waals surface area contributed by atoms with Gasteiger partial charge in [0.15, 0.2) is 0 Å². The third kappa shape index (κ3) is 3.98. The van der Waals surface area contributed by atoms with Crippen LogP contribution >= 0.6 is 11.3 Å². The molecule has 1 saturated heterocycles. The molecule has 5 rings (SSSR count). The fourth-order valence-corrected chi connectivity index (χ4v) is 5.80. The average molecular weight is 412 g/mol. The van der Waals surface area contributed by atoms with E-state index in [1.165, 1.54) is 28.5 Å². The number of rotatable bonds is 5. The molecule has 0 atom stereocenters. The predicted molar refractivity (Wildman–Crippen MR) is 118 cm³/mol. The summed E-state index contributed by atoms with van der Waals surface area (Å²) in [6.45, 7) is 6.12. The molecule has 2 fully saturated rings. The smallest absolute Gasteiger partial charge is 0.226 e. The van der Waals surface area contributed by atoms with Crippen LogP contribution in [0.4, 0.5) is 0 Å². The van der Waals surface area contributed by atoms with Crippen molar-refractivity contribution < 1.29 is 9.47 Å². The van der Waals surface area contributed by atoms with Crippen LogP contribution in [0.2, 0.25) is 0 Å². The monoisotopic (exact) mass is 411 g/mol. The fraction of sp³-hybridized carbons (Fsp3) is 0.565. The van der Waals surface area contributed by atoms with Gasteiger partial charge in [-0.2, -0.15) is 0 Å². The third-order valence-corrected chi connectivity index (χ3v) is 7.40. The van der Waals surface area contributed by atoms with Crippen molar-refractivity contribution in [3.05, 3.63) is 30.1 Å². The summed E-state index contributed by atoms with van der Waals surface area (Å²) in [7, 11) is 0. The fourth-order valence-electron chi connectivity index (χ4n) is 4.79. The lowest BCUT2D eigenvalue weighted by atomic mass is 9.91. The quantitative estimate of drug-likeness (QED) is 0.602. The van der Waals surface area contributed by atoms with Gasteiger partial charge in [0.25, 0.3) is 0 Å². The first-order valence-corrected chi connectivity index (χ1v) is 11.8. The molecule has 154 valence electrons. The summed E-state index contributed by atoms with van der Waals surface area (Å²) >= 11 is 1.73. The molecule has 3 aromatic rings. The van der Waals surface area contributed by atoms with Crippen molar-refractivity contribution in [2.45, 2.75) is 57.6 Å². The SMILES string of the molecule is CCCc1ccc2sc3ncnc(OC4CCC(N5CCOCC5)CC4)c3c2c1. The van der Waals surface area contributed by atoms with Crippen LogP contribution in [0.25, 0.3) is 20.3 Å². The second-order valence-electron chi connectivity index (χ2n) is 8.24. The van der Waals surface area contributed by atoms with Crippen molar-refractivity contribution >= 4 is 31.6 Å². The number of aryl methyl sites for hydroxylation is 1. The summed E-state index contributed by atoms with van der Waals surface area (Å²) in [6, 6.07) is 7.46. The van der Waals surface area contributed by atoms with Crippen molar-refractivity contribution in [2.24, 2.45) is 0 Å². The van der Waals surface area contributed by atoms with E-state index in [9.17, 15) is 0 Å². The average Bonchev–Trinajstić information content (AvgIpc) is 3.14. The highest BCUT2D eigenvalue weighted by atomic mass is 32.1. The maximum atomic E-state index is 6.48. The van der Waals surface area contributed by atoms with E-state index < -0.39 is 0 Å². The number of ether oxygens (including phenoxy) is 2. The normalized spacial score (nSPS) is 23.6. The van der Waals surface area contributed by atoms with Gasteiger partial charge in [0.2, 0.25) is 5.88 Å². The van der Waals surface area contributed by atoms with Gasteiger partial charge in [0, 0.05) is 29.2 Å². The van der Waals surface area contributed by atoms with Gasteiger partial charge < -0.3 is 9.47 Å². The van der Waals surface area contributed by atoms with Crippen LogP contribution in [-0.2, 0) is 11.2 Å². The largest absolute Gasteiger partial charge is 0.474 e. The van der Waals surface area contributed by atoms with Gasteiger partial charge in [-0.25, -0.2) is 9.97 Å². The van der Waals surface area contributed by atoms with Crippen LogP contribution in [0.5, 0.6) is 5.88 Å². The van der Waals surface area contributed by atoms with Gasteiger partial charge in [0.05, 0.1) is 18.6 Å². The van der Waals surface area contributed by atoms with E-state index >= 15 is 0 Å². The lowest BCUT2D eigenvalue weighted by molar-refractivity contribution is -0.00125. The van der Waals surface area contributed by atoms with Gasteiger partial charge in [-0.3, -0.25) is 4.90 Å². The Morgan fingerprint density at radius 2 is 1.97 bits per heavy atom. The Morgan fingerprint density at radius 3 is 2.76 bits per heavy atom. The van der Waals surface area contributed by atoms with Crippen molar-refractivity contribution in [3.63, 3.8) is 0 Å². The highest BCUT2D eigenvalue weighted by molar-refractivity contribution is 7.25. The Balaban J connectivity index is 1.35. The van der Waals surface area contributed by atoms with Gasteiger partial charge in [-0.15, -0.1) is 11.3 Å². The van der Waals surface area contributed by atoms with Crippen LogP contribution in [0.1, 0.15) is 44.6 Å². The topological polar surface area (TPSA) is 47.5 Å². The number of hydrogen-bond acceptors (Lipinski definition) is 6. The van der Waals surface area contributed by atoms with Crippen LogP contribution in [0.15, 0.2) is 24.5 Å². The first-order valence-electron chi connectivity index (χ1n) is 11.0. The summed E-state index contributed by atoms with van der Waals surface area (Å²) < 4.78 is 13.3. The zero-order chi connectivity index (χ0) is 19.6. The van der Waals surface area contributed by atoms with E-state index in [0.29, 0.717) is 6.04 Å². The summed E-state index contributed by atoms with van der Waals surface area (Å²) in [4.78, 5) is 12.7. The van der Waals surface area contributed by atoms with Gasteiger partial charge in [-0.1, -0.05) is 19.4 Å². The molecular formula is C23H29N3O2S. The highest BCUT2D eigenvalue weighted by Crippen LogP contribution is 2.38. The Hall–Kier alpha value is -1.76. The molecule has 0 N–H and O–H groups in total. The van der Waals surface area contributed by atoms with Crippen LogP contribution in [0.3, 0.4) is 0 Å². The highest BCUT2D eigenvalue weighted by Gasteiger charge is 2.28. The molecule has 0 unspecified atom stereocenters. The van der Waals surface area contributed by atoms with E-state index in [2.05, 4.69) is 40.0 Å². The number of aromatic nitrogens is 2. The predicted octanol–water partition coefficient (Wildman–Crippen LogP) is 4.82. The van der Waals surface area contributed by atoms with Gasteiger partial charge >= 0.3 is 0 Å². The molecule has 5 nitrogen and oxygen atoms in total. The number of morpholine rings is 1. The Labute approximate surface area is 176 Å². The Morgan fingerprint density at radius 1 is 1.14 bits per heavy atom. The van der Waals surface area contributed by atoms with Crippen LogP contribution in [-0.4, -0.2) is 53.3 Å². The summed E-state index contributed by atoms with van der Waals surface area (Å²) in [5, 5.41) is 2.34. The van der Waals surface area contributed by atoms with E-state index in [1.807, 2.05) is 0 Å². The Bertz CT molecular complexity index is 975. The molecule has 0 spiro atoms. The van der Waals surface area contributed by atoms with Crippen molar-refractivity contribution in [3.8, 4) is 5.88 Å². The van der Waals surface area contributed by atoms with E-state index in [0.717, 1.165) is 68.1 Å². The number of benzene rings is 1. The lowest BCUT2D eigenvalue weighted by Gasteiger charge is -2.38. The molecule has 0 amide bonds. The molecule has 3 heterocycles. The molecule has 29 heavy (non-hydrogen) atoms. The molecule has 6 heteroatoms. The van der Waals surface area contributed by atoms with E-state index in [1.54, 1.807) is 17.7 Å². The minimum atomic E-state index is 0.249. The molecule has 1 saturated carbocycles. The molecule has 1 aromatic carbocycles. The van der Waals surface area contributed by atoms with Crippen molar-refractivity contribution in [1.82, 2.24) is 14.9 Å². The Kier molecular flexibility index (Phi) is 5.66. The van der Waals surface area contributed by atoms with Crippen molar-refractivity contribution in [1.29, 1.82) is 0 Å². The molecule has 0 radical (unpaired) electrons. The summed E-state index contributed by atoms with van der Waals surface area (Å²) in [5.74, 6) is 0.768. The molecule has 0 bridgehead atoms. The van der Waals surface area contributed by atoms with Gasteiger partial charge in [0.1, 0.15) is 17.3 Å². The third-order valence-electron chi connectivity index (χ3n) is 6.32. The van der Waals surface area contributed by atoms with Crippen LogP contribution in [0, 0.1) is 0 Å². The summed E-state index contributed by atoms with van der Waals surface area (Å²) in [6.07, 6.45) is 8.74. The van der Waals surface area contributed by atoms with Gasteiger partial charge in [-0.05, 0) is 49.8 Å². The zero-order valence-electron chi connectivity index (χ0n) is 17.1. The molecule has 1 aliphatic carbocycles. The first kappa shape index (κ1) is 19.2. The molecule has 2 aromatic heterocycles. The number of nitrogens with zero attached hydrogens (tertiary/aromatic N) is 3. The number of thiophene rings is 1. The van der Waals surface area contributed by atoms with E-state index in [4.69, 9.17) is 9.47 Å². The first-order chi connectivity index (χ1) is 14.3. The molecule has 2 aliphatic rings. The van der Waals surface area contributed by atoms with E-state index in [-0.39, 0.29) is 6.10 Å².